The monoisotopic (exact) mass is 341 g/mol. The van der Waals surface area contributed by atoms with Crippen LogP contribution < -0.4 is 10.0 Å². The van der Waals surface area contributed by atoms with Crippen LogP contribution in [0, 0.1) is 0 Å². The zero-order valence-corrected chi connectivity index (χ0v) is 14.1. The first-order chi connectivity index (χ1) is 11.3. The Hall–Kier alpha value is -2.31. The Morgan fingerprint density at radius 1 is 1.09 bits per heavy atom. The summed E-state index contributed by atoms with van der Waals surface area (Å²) in [7, 11) is 0. The molecular formula is C17H15N3OS2. The van der Waals surface area contributed by atoms with E-state index in [-0.39, 0.29) is 5.91 Å². The van der Waals surface area contributed by atoms with Gasteiger partial charge in [0.1, 0.15) is 0 Å². The van der Waals surface area contributed by atoms with Crippen LogP contribution in [0.5, 0.6) is 0 Å². The van der Waals surface area contributed by atoms with E-state index in [0.29, 0.717) is 5.01 Å². The predicted molar refractivity (Wildman–Crippen MR) is 99.1 cm³/mol. The number of hydrogen-bond donors (Lipinski definition) is 2. The molecule has 2 N–H and O–H groups in total. The number of rotatable bonds is 5. The zero-order chi connectivity index (χ0) is 16.1. The van der Waals surface area contributed by atoms with Crippen LogP contribution in [-0.2, 0) is 0 Å². The number of aromatic nitrogens is 1. The van der Waals surface area contributed by atoms with Crippen molar-refractivity contribution in [1.82, 2.24) is 4.98 Å². The second-order valence-electron chi connectivity index (χ2n) is 4.75. The van der Waals surface area contributed by atoms with Gasteiger partial charge in [0.05, 0.1) is 5.69 Å². The lowest BCUT2D eigenvalue weighted by atomic mass is 10.2. The molecular weight excluding hydrogens is 326 g/mol. The highest BCUT2D eigenvalue weighted by atomic mass is 32.2. The summed E-state index contributed by atoms with van der Waals surface area (Å²) in [4.78, 5) is 16.8. The largest absolute Gasteiger partial charge is 0.330 e. The molecule has 1 aromatic heterocycles. The minimum atomic E-state index is -0.196. The molecule has 2 aromatic carbocycles. The summed E-state index contributed by atoms with van der Waals surface area (Å²) in [6.45, 7) is 0. The normalized spacial score (nSPS) is 10.3. The summed E-state index contributed by atoms with van der Waals surface area (Å²) in [6.07, 6.45) is 1.95. The van der Waals surface area contributed by atoms with Crippen LogP contribution in [0.4, 0.5) is 11.4 Å². The molecule has 116 valence electrons. The Bertz CT molecular complexity index is 802. The summed E-state index contributed by atoms with van der Waals surface area (Å²) in [5, 5.41) is 5.23. The minimum Gasteiger partial charge on any atom is -0.330 e. The molecule has 1 amide bonds. The molecule has 0 fully saturated rings. The fourth-order valence-electron chi connectivity index (χ4n) is 2.08. The number of anilines is 2. The summed E-state index contributed by atoms with van der Waals surface area (Å²) in [6, 6.07) is 17.4. The number of carbonyl (C=O) groups excluding carboxylic acids is 1. The Kier molecular flexibility index (Phi) is 4.95. The van der Waals surface area contributed by atoms with E-state index < -0.39 is 0 Å². The van der Waals surface area contributed by atoms with E-state index in [2.05, 4.69) is 15.0 Å². The van der Waals surface area contributed by atoms with Crippen LogP contribution in [0.3, 0.4) is 0 Å². The van der Waals surface area contributed by atoms with Crippen LogP contribution in [0.1, 0.15) is 9.80 Å². The lowest BCUT2D eigenvalue weighted by Gasteiger charge is -2.06. The highest BCUT2D eigenvalue weighted by molar-refractivity contribution is 7.99. The van der Waals surface area contributed by atoms with Gasteiger partial charge >= 0.3 is 0 Å². The van der Waals surface area contributed by atoms with Gasteiger partial charge in [-0.25, -0.2) is 4.98 Å². The van der Waals surface area contributed by atoms with Crippen LogP contribution in [0.25, 0.3) is 11.3 Å². The molecule has 0 unspecified atom stereocenters. The summed E-state index contributed by atoms with van der Waals surface area (Å²) in [5.41, 5.74) is 3.51. The molecule has 3 rings (SSSR count). The molecule has 1 heterocycles. The number of nitrogens with one attached hydrogen (secondary N) is 2. The first-order valence-corrected chi connectivity index (χ1v) is 9.08. The Balaban J connectivity index is 1.74. The third kappa shape index (κ3) is 3.91. The molecule has 0 radical (unpaired) electrons. The highest BCUT2D eigenvalue weighted by Gasteiger charge is 2.12. The molecule has 3 aromatic rings. The first-order valence-electron chi connectivity index (χ1n) is 6.97. The van der Waals surface area contributed by atoms with Gasteiger partial charge in [-0.05, 0) is 18.2 Å². The molecule has 4 nitrogen and oxygen atoms in total. The van der Waals surface area contributed by atoms with E-state index in [1.807, 2.05) is 66.2 Å². The van der Waals surface area contributed by atoms with Gasteiger partial charge in [-0.15, -0.1) is 11.3 Å². The van der Waals surface area contributed by atoms with Gasteiger partial charge in [0, 0.05) is 28.6 Å². The number of benzene rings is 2. The third-order valence-corrected chi connectivity index (χ3v) is 4.39. The van der Waals surface area contributed by atoms with Crippen molar-refractivity contribution >= 4 is 40.6 Å². The average molecular weight is 341 g/mol. The van der Waals surface area contributed by atoms with Gasteiger partial charge in [-0.3, -0.25) is 4.79 Å². The third-order valence-electron chi connectivity index (χ3n) is 3.11. The van der Waals surface area contributed by atoms with E-state index in [0.717, 1.165) is 22.6 Å². The van der Waals surface area contributed by atoms with E-state index in [4.69, 9.17) is 0 Å². The van der Waals surface area contributed by atoms with Crippen molar-refractivity contribution in [2.75, 3.05) is 16.3 Å². The number of amides is 1. The number of thiazole rings is 1. The van der Waals surface area contributed by atoms with Crippen LogP contribution in [0.15, 0.2) is 60.0 Å². The van der Waals surface area contributed by atoms with Gasteiger partial charge in [0.15, 0.2) is 5.01 Å². The molecule has 0 saturated heterocycles. The number of carbonyl (C=O) groups is 1. The Morgan fingerprint density at radius 2 is 1.87 bits per heavy atom. The lowest BCUT2D eigenvalue weighted by Crippen LogP contribution is -2.11. The van der Waals surface area contributed by atoms with Crippen molar-refractivity contribution in [3.8, 4) is 11.3 Å². The summed E-state index contributed by atoms with van der Waals surface area (Å²) < 4.78 is 3.14. The fraction of sp³-hybridized carbons (Fsp3) is 0.0588. The molecule has 0 saturated carbocycles. The van der Waals surface area contributed by atoms with Crippen molar-refractivity contribution < 1.29 is 4.79 Å². The predicted octanol–water partition coefficient (Wildman–Crippen LogP) is 4.75. The SMILES string of the molecule is CSNc1cccc(NC(=O)c2nc(-c3ccccc3)cs2)c1. The zero-order valence-electron chi connectivity index (χ0n) is 12.4. The summed E-state index contributed by atoms with van der Waals surface area (Å²) in [5.74, 6) is -0.196. The van der Waals surface area contributed by atoms with Crippen molar-refractivity contribution in [3.05, 3.63) is 65.0 Å². The summed E-state index contributed by atoms with van der Waals surface area (Å²) >= 11 is 2.85. The number of nitrogens with zero attached hydrogens (tertiary/aromatic N) is 1. The maximum Gasteiger partial charge on any atom is 0.284 e. The molecule has 23 heavy (non-hydrogen) atoms. The molecule has 0 aliphatic carbocycles. The van der Waals surface area contributed by atoms with Crippen molar-refractivity contribution in [3.63, 3.8) is 0 Å². The lowest BCUT2D eigenvalue weighted by molar-refractivity contribution is 0.102. The van der Waals surface area contributed by atoms with Crippen molar-refractivity contribution in [2.24, 2.45) is 0 Å². The topological polar surface area (TPSA) is 54.0 Å². The molecule has 0 aliphatic rings. The van der Waals surface area contributed by atoms with Gasteiger partial charge < -0.3 is 10.0 Å². The van der Waals surface area contributed by atoms with E-state index in [9.17, 15) is 4.79 Å². The van der Waals surface area contributed by atoms with Crippen LogP contribution in [0.2, 0.25) is 0 Å². The second-order valence-corrected chi connectivity index (χ2v) is 6.22. The quantitative estimate of drug-likeness (QED) is 0.657. The van der Waals surface area contributed by atoms with Crippen molar-refractivity contribution in [2.45, 2.75) is 0 Å². The Labute approximate surface area is 143 Å². The van der Waals surface area contributed by atoms with Gasteiger partial charge in [-0.2, -0.15) is 0 Å². The van der Waals surface area contributed by atoms with Crippen LogP contribution in [-0.4, -0.2) is 17.1 Å². The van der Waals surface area contributed by atoms with Gasteiger partial charge in [0.2, 0.25) is 0 Å². The minimum absolute atomic E-state index is 0.196. The van der Waals surface area contributed by atoms with Gasteiger partial charge in [-0.1, -0.05) is 48.3 Å². The molecule has 0 spiro atoms. The molecule has 6 heteroatoms. The maximum absolute atomic E-state index is 12.3. The standard InChI is InChI=1S/C17H15N3OS2/c1-22-20-14-9-5-8-13(10-14)18-16(21)17-19-15(11-23-17)12-6-3-2-4-7-12/h2-11,20H,1H3,(H,18,21). The average Bonchev–Trinajstić information content (AvgIpc) is 3.06. The number of hydrogen-bond acceptors (Lipinski definition) is 5. The maximum atomic E-state index is 12.3. The smallest absolute Gasteiger partial charge is 0.284 e. The molecule has 0 aliphatic heterocycles. The fourth-order valence-corrected chi connectivity index (χ4v) is 3.17. The van der Waals surface area contributed by atoms with Crippen LogP contribution >= 0.6 is 23.3 Å². The Morgan fingerprint density at radius 3 is 2.65 bits per heavy atom. The van der Waals surface area contributed by atoms with Gasteiger partial charge in [0.25, 0.3) is 5.91 Å². The van der Waals surface area contributed by atoms with Crippen molar-refractivity contribution in [1.29, 1.82) is 0 Å². The van der Waals surface area contributed by atoms with E-state index in [1.165, 1.54) is 23.3 Å². The van der Waals surface area contributed by atoms with E-state index >= 15 is 0 Å². The molecule has 0 bridgehead atoms. The highest BCUT2D eigenvalue weighted by Crippen LogP contribution is 2.23. The van der Waals surface area contributed by atoms with E-state index in [1.54, 1.807) is 0 Å². The molecule has 0 atom stereocenters. The first kappa shape index (κ1) is 15.6. The second kappa shape index (κ2) is 7.30.